The molecule has 7 nitrogen and oxygen atoms in total. The fraction of sp³-hybridized carbons (Fsp3) is 0.357. The van der Waals surface area contributed by atoms with E-state index in [-0.39, 0.29) is 17.6 Å². The van der Waals surface area contributed by atoms with Crippen molar-refractivity contribution in [2.45, 2.75) is 43.5 Å². The Bertz CT molecular complexity index is 1360. The van der Waals surface area contributed by atoms with E-state index in [0.717, 1.165) is 55.4 Å². The molecule has 178 valence electrons. The normalized spacial score (nSPS) is 25.9. The molecular formula is C28H28N4O3. The van der Waals surface area contributed by atoms with E-state index in [1.54, 1.807) is 14.2 Å². The molecular weight excluding hydrogens is 440 g/mol. The maximum atomic E-state index is 6.61. The summed E-state index contributed by atoms with van der Waals surface area (Å²) in [6, 6.07) is 14.9. The molecule has 1 aromatic heterocycles. The van der Waals surface area contributed by atoms with Crippen molar-refractivity contribution in [3.05, 3.63) is 94.5 Å². The minimum atomic E-state index is -0.191. The molecule has 7 rings (SSSR count). The largest absolute Gasteiger partial charge is 0.497 e. The van der Waals surface area contributed by atoms with Gasteiger partial charge >= 0.3 is 0 Å². The predicted octanol–water partition coefficient (Wildman–Crippen LogP) is 3.63. The Hall–Kier alpha value is -3.58. The summed E-state index contributed by atoms with van der Waals surface area (Å²) in [7, 11) is 3.45. The Balaban J connectivity index is 1.23. The number of nitrogens with zero attached hydrogens (tertiary/aromatic N) is 4. The van der Waals surface area contributed by atoms with Gasteiger partial charge in [0.25, 0.3) is 0 Å². The summed E-state index contributed by atoms with van der Waals surface area (Å²) in [5.41, 5.74) is 6.11. The van der Waals surface area contributed by atoms with Crippen LogP contribution >= 0.6 is 0 Å². The second kappa shape index (κ2) is 7.71. The van der Waals surface area contributed by atoms with Crippen LogP contribution in [0.25, 0.3) is 0 Å². The lowest BCUT2D eigenvalue weighted by atomic mass is 9.57. The van der Waals surface area contributed by atoms with Crippen LogP contribution in [0.2, 0.25) is 0 Å². The van der Waals surface area contributed by atoms with Gasteiger partial charge in [-0.2, -0.15) is 0 Å². The second-order valence-electron chi connectivity index (χ2n) is 9.83. The molecule has 0 saturated carbocycles. The van der Waals surface area contributed by atoms with Crippen molar-refractivity contribution in [2.24, 2.45) is 0 Å². The number of rotatable bonds is 6. The molecule has 1 saturated heterocycles. The maximum absolute atomic E-state index is 6.61. The molecule has 2 aromatic carbocycles. The van der Waals surface area contributed by atoms with E-state index in [2.05, 4.69) is 63.9 Å². The number of hydrogen-bond donors (Lipinski definition) is 0. The number of benzene rings is 2. The van der Waals surface area contributed by atoms with Gasteiger partial charge in [0, 0.05) is 24.7 Å². The zero-order valence-corrected chi connectivity index (χ0v) is 20.0. The number of ether oxygens (including phenoxy) is 3. The van der Waals surface area contributed by atoms with E-state index in [1.807, 2.05) is 16.8 Å². The summed E-state index contributed by atoms with van der Waals surface area (Å²) in [4.78, 5) is 2.56. The molecule has 3 unspecified atom stereocenters. The van der Waals surface area contributed by atoms with Gasteiger partial charge in [-0.05, 0) is 41.7 Å². The van der Waals surface area contributed by atoms with Crippen molar-refractivity contribution in [1.29, 1.82) is 0 Å². The summed E-state index contributed by atoms with van der Waals surface area (Å²) >= 11 is 0. The first kappa shape index (κ1) is 20.8. The van der Waals surface area contributed by atoms with Gasteiger partial charge in [-0.25, -0.2) is 4.68 Å². The molecule has 1 spiro atoms. The molecule has 4 aliphatic rings. The highest BCUT2D eigenvalue weighted by atomic mass is 16.6. The quantitative estimate of drug-likeness (QED) is 0.551. The lowest BCUT2D eigenvalue weighted by Gasteiger charge is -2.53. The van der Waals surface area contributed by atoms with Crippen molar-refractivity contribution < 1.29 is 14.2 Å². The fourth-order valence-electron chi connectivity index (χ4n) is 6.66. The standard InChI is InChI=1S/C28H28N4O3/c1-33-23-10-8-19-14-22-21-9-11-24(34-2)27-28(21,25(19)26(23)35-27)12-13-31(22)16-20-17-32(30-29-20)15-18-6-4-3-5-7-18/h3-11,17,22,27H,12-16H2,1-2H3. The molecule has 2 aliphatic heterocycles. The van der Waals surface area contributed by atoms with E-state index < -0.39 is 0 Å². The average Bonchev–Trinajstić information content (AvgIpc) is 3.47. The number of likely N-dealkylation sites (tertiary alicyclic amines) is 1. The first-order valence-corrected chi connectivity index (χ1v) is 12.2. The third kappa shape index (κ3) is 2.94. The molecule has 0 radical (unpaired) electrons. The Morgan fingerprint density at radius 2 is 1.94 bits per heavy atom. The zero-order valence-electron chi connectivity index (χ0n) is 20.0. The monoisotopic (exact) mass is 468 g/mol. The van der Waals surface area contributed by atoms with Crippen LogP contribution in [-0.4, -0.2) is 52.8 Å². The third-order valence-electron chi connectivity index (χ3n) is 8.14. The van der Waals surface area contributed by atoms with Gasteiger partial charge in [-0.15, -0.1) is 5.10 Å². The number of methoxy groups -OCH3 is 2. The summed E-state index contributed by atoms with van der Waals surface area (Å²) in [5, 5.41) is 8.91. The first-order valence-electron chi connectivity index (χ1n) is 12.2. The Morgan fingerprint density at radius 3 is 2.77 bits per heavy atom. The van der Waals surface area contributed by atoms with Gasteiger partial charge < -0.3 is 14.2 Å². The minimum Gasteiger partial charge on any atom is -0.497 e. The van der Waals surface area contributed by atoms with Gasteiger partial charge in [-0.3, -0.25) is 4.90 Å². The van der Waals surface area contributed by atoms with Gasteiger partial charge in [0.1, 0.15) is 5.76 Å². The van der Waals surface area contributed by atoms with E-state index in [1.165, 1.54) is 22.3 Å². The minimum absolute atomic E-state index is 0.144. The van der Waals surface area contributed by atoms with Gasteiger partial charge in [0.2, 0.25) is 0 Å². The van der Waals surface area contributed by atoms with Crippen LogP contribution in [0, 0.1) is 0 Å². The average molecular weight is 469 g/mol. The van der Waals surface area contributed by atoms with E-state index >= 15 is 0 Å². The van der Waals surface area contributed by atoms with Gasteiger partial charge in [0.15, 0.2) is 17.6 Å². The third-order valence-corrected chi connectivity index (χ3v) is 8.14. The molecule has 3 atom stereocenters. The summed E-state index contributed by atoms with van der Waals surface area (Å²) in [5.74, 6) is 2.58. The number of allylic oxidation sites excluding steroid dienone is 2. The summed E-state index contributed by atoms with van der Waals surface area (Å²) in [6.45, 7) is 2.46. The van der Waals surface area contributed by atoms with Gasteiger partial charge in [-0.1, -0.05) is 47.7 Å². The SMILES string of the molecule is COC1=CC=C2C3Cc4ccc(OC)c5c4C2(CCN3Cc2cn(Cc3ccccc3)nn2)C1O5. The van der Waals surface area contributed by atoms with Crippen LogP contribution in [-0.2, 0) is 29.7 Å². The summed E-state index contributed by atoms with van der Waals surface area (Å²) in [6.07, 6.45) is 8.22. The zero-order chi connectivity index (χ0) is 23.6. The van der Waals surface area contributed by atoms with E-state index in [9.17, 15) is 0 Å². The molecule has 2 aliphatic carbocycles. The Morgan fingerprint density at radius 1 is 1.06 bits per heavy atom. The van der Waals surface area contributed by atoms with Crippen molar-refractivity contribution in [3.8, 4) is 11.5 Å². The molecule has 35 heavy (non-hydrogen) atoms. The highest BCUT2D eigenvalue weighted by Crippen LogP contribution is 2.62. The molecule has 3 aromatic rings. The molecule has 1 fully saturated rings. The Kier molecular flexibility index (Phi) is 4.58. The van der Waals surface area contributed by atoms with Crippen molar-refractivity contribution in [2.75, 3.05) is 20.8 Å². The molecule has 7 heteroatoms. The van der Waals surface area contributed by atoms with Crippen LogP contribution in [0.4, 0.5) is 0 Å². The first-order chi connectivity index (χ1) is 17.2. The van der Waals surface area contributed by atoms with Crippen LogP contribution < -0.4 is 9.47 Å². The molecule has 0 N–H and O–H groups in total. The molecule has 3 heterocycles. The smallest absolute Gasteiger partial charge is 0.169 e. The summed E-state index contributed by atoms with van der Waals surface area (Å²) < 4.78 is 20.0. The van der Waals surface area contributed by atoms with Crippen molar-refractivity contribution in [3.63, 3.8) is 0 Å². The molecule has 0 amide bonds. The number of aromatic nitrogens is 3. The Labute approximate surface area is 204 Å². The van der Waals surface area contributed by atoms with E-state index in [0.29, 0.717) is 0 Å². The van der Waals surface area contributed by atoms with E-state index in [4.69, 9.17) is 14.2 Å². The van der Waals surface area contributed by atoms with Crippen molar-refractivity contribution >= 4 is 0 Å². The van der Waals surface area contributed by atoms with Crippen LogP contribution in [0.5, 0.6) is 11.5 Å². The number of hydrogen-bond acceptors (Lipinski definition) is 6. The fourth-order valence-corrected chi connectivity index (χ4v) is 6.66. The maximum Gasteiger partial charge on any atom is 0.169 e. The van der Waals surface area contributed by atoms with Crippen LogP contribution in [0.3, 0.4) is 0 Å². The van der Waals surface area contributed by atoms with Crippen molar-refractivity contribution in [1.82, 2.24) is 19.9 Å². The second-order valence-corrected chi connectivity index (χ2v) is 9.83. The molecule has 2 bridgehead atoms. The topological polar surface area (TPSA) is 61.6 Å². The lowest BCUT2D eigenvalue weighted by molar-refractivity contribution is 0.0608. The number of piperidine rings is 1. The highest BCUT2D eigenvalue weighted by Gasteiger charge is 2.62. The van der Waals surface area contributed by atoms with Gasteiger partial charge in [0.05, 0.1) is 38.1 Å². The van der Waals surface area contributed by atoms with Crippen LogP contribution in [0.1, 0.15) is 28.8 Å². The highest BCUT2D eigenvalue weighted by molar-refractivity contribution is 5.67. The predicted molar refractivity (Wildman–Crippen MR) is 130 cm³/mol. The lowest BCUT2D eigenvalue weighted by Crippen LogP contribution is -2.59. The van der Waals surface area contributed by atoms with Crippen LogP contribution in [0.15, 0.2) is 72.1 Å².